The van der Waals surface area contributed by atoms with E-state index in [1.54, 1.807) is 12.1 Å². The average Bonchev–Trinajstić information content (AvgIpc) is 2.48. The minimum absolute atomic E-state index is 0.243. The number of rotatable bonds is 5. The van der Waals surface area contributed by atoms with Gasteiger partial charge in [0, 0.05) is 5.56 Å². The lowest BCUT2D eigenvalue weighted by Crippen LogP contribution is -2.04. The van der Waals surface area contributed by atoms with Crippen molar-refractivity contribution in [1.82, 2.24) is 0 Å². The van der Waals surface area contributed by atoms with Gasteiger partial charge in [0.25, 0.3) is 0 Å². The topological polar surface area (TPSA) is 77.8 Å². The van der Waals surface area contributed by atoms with Crippen molar-refractivity contribution in [1.29, 1.82) is 0 Å². The molecule has 0 bridgehead atoms. The molecule has 0 aromatic heterocycles. The Morgan fingerprint density at radius 3 is 2.38 bits per heavy atom. The Balaban J connectivity index is 2.73. The molecular weight excluding hydrogens is 268 g/mol. The predicted octanol–water partition coefficient (Wildman–Crippen LogP) is 3.81. The van der Waals surface area contributed by atoms with Crippen LogP contribution >= 0.6 is 0 Å². The van der Waals surface area contributed by atoms with Gasteiger partial charge in [-0.05, 0) is 30.0 Å². The molecule has 3 N–H and O–H groups in total. The molecule has 0 aliphatic rings. The first kappa shape index (κ1) is 14.9. The molecule has 0 unspecified atom stereocenters. The van der Waals surface area contributed by atoms with E-state index in [2.05, 4.69) is 0 Å². The minimum atomic E-state index is -1.25. The van der Waals surface area contributed by atoms with Gasteiger partial charge in [0.05, 0.1) is 0 Å². The van der Waals surface area contributed by atoms with E-state index >= 15 is 0 Å². The molecule has 0 aliphatic carbocycles. The van der Waals surface area contributed by atoms with Crippen molar-refractivity contribution in [3.8, 4) is 22.6 Å². The average molecular weight is 286 g/mol. The van der Waals surface area contributed by atoms with Crippen molar-refractivity contribution < 1.29 is 20.1 Å². The first-order valence-corrected chi connectivity index (χ1v) is 6.92. The standard InChI is InChI=1S/C17H18O4/c1-2-3-7-12-10-13(18)16(19)15(17(20)21)14(12)11-8-5-4-6-9-11/h4-6,8-10,18-19H,2-3,7H2,1H3,(H,20,21). The minimum Gasteiger partial charge on any atom is -0.504 e. The number of carboxylic acids is 1. The summed E-state index contributed by atoms with van der Waals surface area (Å²) in [6.07, 6.45) is 2.48. The van der Waals surface area contributed by atoms with Crippen LogP contribution in [0, 0.1) is 0 Å². The summed E-state index contributed by atoms with van der Waals surface area (Å²) >= 11 is 0. The molecule has 0 fully saturated rings. The summed E-state index contributed by atoms with van der Waals surface area (Å²) in [7, 11) is 0. The maximum absolute atomic E-state index is 11.5. The molecule has 0 amide bonds. The maximum Gasteiger partial charge on any atom is 0.340 e. The Bertz CT molecular complexity index is 648. The van der Waals surface area contributed by atoms with Crippen LogP contribution in [-0.4, -0.2) is 21.3 Å². The zero-order valence-electron chi connectivity index (χ0n) is 11.8. The van der Waals surface area contributed by atoms with Crippen molar-refractivity contribution >= 4 is 5.97 Å². The van der Waals surface area contributed by atoms with Crippen LogP contribution in [-0.2, 0) is 6.42 Å². The zero-order chi connectivity index (χ0) is 15.4. The largest absolute Gasteiger partial charge is 0.504 e. The van der Waals surface area contributed by atoms with Crippen molar-refractivity contribution in [2.75, 3.05) is 0 Å². The number of aromatic hydroxyl groups is 2. The number of aromatic carboxylic acids is 1. The van der Waals surface area contributed by atoms with Crippen molar-refractivity contribution in [2.45, 2.75) is 26.2 Å². The zero-order valence-corrected chi connectivity index (χ0v) is 11.8. The Labute approximate surface area is 123 Å². The fourth-order valence-corrected chi connectivity index (χ4v) is 2.42. The van der Waals surface area contributed by atoms with Crippen LogP contribution in [0.5, 0.6) is 11.5 Å². The number of carboxylic acid groups (broad SMARTS) is 1. The molecule has 0 saturated carbocycles. The van der Waals surface area contributed by atoms with E-state index in [1.807, 2.05) is 25.1 Å². The fraction of sp³-hybridized carbons (Fsp3) is 0.235. The molecule has 4 nitrogen and oxygen atoms in total. The molecule has 2 rings (SSSR count). The molecule has 0 radical (unpaired) electrons. The molecule has 2 aromatic rings. The van der Waals surface area contributed by atoms with Gasteiger partial charge in [-0.25, -0.2) is 4.79 Å². The number of aryl methyl sites for hydroxylation is 1. The quantitative estimate of drug-likeness (QED) is 0.730. The SMILES string of the molecule is CCCCc1cc(O)c(O)c(C(=O)O)c1-c1ccccc1. The number of hydrogen-bond donors (Lipinski definition) is 3. The number of phenolic OH excluding ortho intramolecular Hbond substituents is 1. The van der Waals surface area contributed by atoms with Gasteiger partial charge in [0.2, 0.25) is 0 Å². The van der Waals surface area contributed by atoms with E-state index < -0.39 is 17.5 Å². The third kappa shape index (κ3) is 2.99. The highest BCUT2D eigenvalue weighted by Gasteiger charge is 2.23. The third-order valence-electron chi connectivity index (χ3n) is 3.44. The summed E-state index contributed by atoms with van der Waals surface area (Å²) in [6, 6.07) is 10.5. The van der Waals surface area contributed by atoms with Crippen molar-refractivity contribution in [3.05, 3.63) is 47.5 Å². The second kappa shape index (κ2) is 6.31. The number of hydrogen-bond acceptors (Lipinski definition) is 3. The van der Waals surface area contributed by atoms with Crippen LogP contribution < -0.4 is 0 Å². The summed E-state index contributed by atoms with van der Waals surface area (Å²) < 4.78 is 0. The van der Waals surface area contributed by atoms with Gasteiger partial charge >= 0.3 is 5.97 Å². The summed E-state index contributed by atoms with van der Waals surface area (Å²) in [4.78, 5) is 11.5. The lowest BCUT2D eigenvalue weighted by Gasteiger charge is -2.15. The molecule has 2 aromatic carbocycles. The third-order valence-corrected chi connectivity index (χ3v) is 3.44. The van der Waals surface area contributed by atoms with Gasteiger partial charge < -0.3 is 15.3 Å². The number of carbonyl (C=O) groups is 1. The van der Waals surface area contributed by atoms with E-state index in [-0.39, 0.29) is 5.56 Å². The van der Waals surface area contributed by atoms with Gasteiger partial charge in [0.1, 0.15) is 5.56 Å². The molecular formula is C17H18O4. The first-order valence-electron chi connectivity index (χ1n) is 6.92. The van der Waals surface area contributed by atoms with Crippen LogP contribution in [0.15, 0.2) is 36.4 Å². The molecule has 0 atom stereocenters. The molecule has 0 spiro atoms. The van der Waals surface area contributed by atoms with E-state index in [1.165, 1.54) is 6.07 Å². The Morgan fingerprint density at radius 2 is 1.81 bits per heavy atom. The van der Waals surface area contributed by atoms with Crippen LogP contribution in [0.25, 0.3) is 11.1 Å². The van der Waals surface area contributed by atoms with Crippen molar-refractivity contribution in [2.24, 2.45) is 0 Å². The van der Waals surface area contributed by atoms with E-state index in [0.717, 1.165) is 24.0 Å². The Morgan fingerprint density at radius 1 is 1.14 bits per heavy atom. The highest BCUT2D eigenvalue weighted by atomic mass is 16.4. The van der Waals surface area contributed by atoms with Crippen LogP contribution in [0.3, 0.4) is 0 Å². The molecule has 4 heteroatoms. The lowest BCUT2D eigenvalue weighted by molar-refractivity contribution is 0.0693. The van der Waals surface area contributed by atoms with Gasteiger partial charge in [-0.2, -0.15) is 0 Å². The van der Waals surface area contributed by atoms with E-state index in [9.17, 15) is 20.1 Å². The summed E-state index contributed by atoms with van der Waals surface area (Å²) in [5, 5.41) is 29.1. The summed E-state index contributed by atoms with van der Waals surface area (Å²) in [5.41, 5.74) is 1.69. The fourth-order valence-electron chi connectivity index (χ4n) is 2.42. The summed E-state index contributed by atoms with van der Waals surface area (Å²) in [5.74, 6) is -2.22. The van der Waals surface area contributed by atoms with Gasteiger partial charge in [-0.1, -0.05) is 43.7 Å². The molecule has 110 valence electrons. The maximum atomic E-state index is 11.5. The predicted molar refractivity (Wildman–Crippen MR) is 80.8 cm³/mol. The summed E-state index contributed by atoms with van der Waals surface area (Å²) in [6.45, 7) is 2.04. The van der Waals surface area contributed by atoms with Crippen LogP contribution in [0.2, 0.25) is 0 Å². The van der Waals surface area contributed by atoms with Crippen LogP contribution in [0.1, 0.15) is 35.7 Å². The monoisotopic (exact) mass is 286 g/mol. The van der Waals surface area contributed by atoms with Crippen LogP contribution in [0.4, 0.5) is 0 Å². The molecule has 0 aliphatic heterocycles. The van der Waals surface area contributed by atoms with Crippen molar-refractivity contribution in [3.63, 3.8) is 0 Å². The smallest absolute Gasteiger partial charge is 0.340 e. The Hall–Kier alpha value is -2.49. The lowest BCUT2D eigenvalue weighted by atomic mass is 9.90. The van der Waals surface area contributed by atoms with Gasteiger partial charge in [-0.3, -0.25) is 0 Å². The number of phenols is 2. The molecule has 0 saturated heterocycles. The molecule has 0 heterocycles. The normalized spacial score (nSPS) is 10.5. The van der Waals surface area contributed by atoms with Gasteiger partial charge in [0.15, 0.2) is 11.5 Å². The highest BCUT2D eigenvalue weighted by molar-refractivity contribution is 6.01. The number of unbranched alkanes of at least 4 members (excludes halogenated alkanes) is 1. The van der Waals surface area contributed by atoms with E-state index in [4.69, 9.17) is 0 Å². The Kier molecular flexibility index (Phi) is 4.48. The second-order valence-corrected chi connectivity index (χ2v) is 4.93. The number of benzene rings is 2. The second-order valence-electron chi connectivity index (χ2n) is 4.93. The first-order chi connectivity index (χ1) is 10.1. The highest BCUT2D eigenvalue weighted by Crippen LogP contribution is 2.40. The van der Waals surface area contributed by atoms with E-state index in [0.29, 0.717) is 12.0 Å². The molecule has 21 heavy (non-hydrogen) atoms. The van der Waals surface area contributed by atoms with Gasteiger partial charge in [-0.15, -0.1) is 0 Å².